The molecule has 0 aliphatic heterocycles. The lowest BCUT2D eigenvalue weighted by Gasteiger charge is -2.17. The predicted octanol–water partition coefficient (Wildman–Crippen LogP) is -0.703. The molecule has 1 aromatic heterocycles. The maximum Gasteiger partial charge on any atom is 0.330 e. The summed E-state index contributed by atoms with van der Waals surface area (Å²) in [7, 11) is 4.44. The number of hydrogen-bond donors (Lipinski definition) is 1. The molecule has 21 heavy (non-hydrogen) atoms. The fraction of sp³-hybridized carbons (Fsp3) is 0.538. The Morgan fingerprint density at radius 1 is 1.24 bits per heavy atom. The average molecular weight is 297 g/mol. The van der Waals surface area contributed by atoms with Gasteiger partial charge in [0.15, 0.2) is 0 Å². The maximum atomic E-state index is 11.9. The zero-order chi connectivity index (χ0) is 16.2. The molecule has 1 heterocycles. The quantitative estimate of drug-likeness (QED) is 0.748. The number of aliphatic carboxylic acids is 1. The largest absolute Gasteiger partial charge is 0.481 e. The number of carbonyl (C=O) groups excluding carboxylic acids is 1. The Hall–Kier alpha value is -2.38. The van der Waals surface area contributed by atoms with Crippen LogP contribution in [0, 0.1) is 0 Å². The van der Waals surface area contributed by atoms with Gasteiger partial charge in [-0.05, 0) is 6.42 Å². The number of hydrogen-bond acceptors (Lipinski definition) is 4. The van der Waals surface area contributed by atoms with Crippen molar-refractivity contribution in [3.8, 4) is 0 Å². The smallest absolute Gasteiger partial charge is 0.330 e. The van der Waals surface area contributed by atoms with E-state index in [1.807, 2.05) is 0 Å². The van der Waals surface area contributed by atoms with Crippen LogP contribution in [-0.4, -0.2) is 38.1 Å². The number of nitrogens with zero attached hydrogens (tertiary/aromatic N) is 3. The van der Waals surface area contributed by atoms with Crippen LogP contribution >= 0.6 is 0 Å². The molecule has 0 bridgehead atoms. The van der Waals surface area contributed by atoms with Gasteiger partial charge in [0.25, 0.3) is 5.56 Å². The Balaban J connectivity index is 2.77. The second-order valence-electron chi connectivity index (χ2n) is 4.91. The molecule has 0 saturated heterocycles. The van der Waals surface area contributed by atoms with Gasteiger partial charge in [-0.1, -0.05) is 0 Å². The molecular weight excluding hydrogens is 278 g/mol. The first-order chi connectivity index (χ1) is 9.73. The van der Waals surface area contributed by atoms with Gasteiger partial charge < -0.3 is 14.6 Å². The molecule has 1 amide bonds. The van der Waals surface area contributed by atoms with Crippen LogP contribution in [0.3, 0.4) is 0 Å². The molecular formula is C13H19N3O5. The number of amides is 1. The van der Waals surface area contributed by atoms with Crippen LogP contribution in [0.15, 0.2) is 15.8 Å². The molecule has 0 aliphatic carbocycles. The number of rotatable bonds is 6. The van der Waals surface area contributed by atoms with Crippen LogP contribution in [0.1, 0.15) is 24.8 Å². The van der Waals surface area contributed by atoms with E-state index in [1.54, 1.807) is 0 Å². The first kappa shape index (κ1) is 16.7. The Kier molecular flexibility index (Phi) is 5.45. The first-order valence-electron chi connectivity index (χ1n) is 6.45. The summed E-state index contributed by atoms with van der Waals surface area (Å²) in [6.45, 7) is 0.0761. The molecule has 0 radical (unpaired) electrons. The summed E-state index contributed by atoms with van der Waals surface area (Å²) in [5.41, 5.74) is -0.545. The van der Waals surface area contributed by atoms with Crippen LogP contribution in [0.5, 0.6) is 0 Å². The van der Waals surface area contributed by atoms with Gasteiger partial charge in [-0.25, -0.2) is 4.79 Å². The summed E-state index contributed by atoms with van der Waals surface area (Å²) < 4.78 is 2.26. The molecule has 0 aliphatic rings. The Bertz CT molecular complexity index is 659. The van der Waals surface area contributed by atoms with Crippen LogP contribution in [0.2, 0.25) is 0 Å². The van der Waals surface area contributed by atoms with Crippen LogP contribution in [-0.2, 0) is 30.2 Å². The average Bonchev–Trinajstić information content (AvgIpc) is 2.41. The third kappa shape index (κ3) is 4.30. The van der Waals surface area contributed by atoms with Crippen molar-refractivity contribution >= 4 is 11.9 Å². The monoisotopic (exact) mass is 297 g/mol. The van der Waals surface area contributed by atoms with Crippen molar-refractivity contribution in [1.82, 2.24) is 14.0 Å². The zero-order valence-electron chi connectivity index (χ0n) is 12.3. The lowest BCUT2D eigenvalue weighted by Crippen LogP contribution is -2.40. The molecule has 0 saturated carbocycles. The van der Waals surface area contributed by atoms with Crippen molar-refractivity contribution in [2.24, 2.45) is 14.1 Å². The van der Waals surface area contributed by atoms with E-state index in [0.29, 0.717) is 5.56 Å². The highest BCUT2D eigenvalue weighted by molar-refractivity contribution is 5.76. The topological polar surface area (TPSA) is 102 Å². The summed E-state index contributed by atoms with van der Waals surface area (Å²) >= 11 is 0. The molecule has 1 aromatic rings. The van der Waals surface area contributed by atoms with Crippen LogP contribution < -0.4 is 11.2 Å². The number of aryl methyl sites for hydroxylation is 1. The van der Waals surface area contributed by atoms with E-state index in [4.69, 9.17) is 5.11 Å². The van der Waals surface area contributed by atoms with Gasteiger partial charge >= 0.3 is 11.7 Å². The van der Waals surface area contributed by atoms with Crippen molar-refractivity contribution in [3.63, 3.8) is 0 Å². The molecule has 1 rings (SSSR count). The fourth-order valence-electron chi connectivity index (χ4n) is 1.92. The SMILES string of the molecule is CN(Cc1cn(C)c(=O)n(C)c1=O)C(=O)CCCC(=O)O. The summed E-state index contributed by atoms with van der Waals surface area (Å²) in [6, 6.07) is 0. The lowest BCUT2D eigenvalue weighted by atomic mass is 10.2. The van der Waals surface area contributed by atoms with Gasteiger partial charge in [0.05, 0.1) is 12.1 Å². The second kappa shape index (κ2) is 6.87. The Morgan fingerprint density at radius 3 is 2.43 bits per heavy atom. The van der Waals surface area contributed by atoms with Crippen molar-refractivity contribution in [1.29, 1.82) is 0 Å². The minimum Gasteiger partial charge on any atom is -0.481 e. The van der Waals surface area contributed by atoms with Crippen LogP contribution in [0.25, 0.3) is 0 Å². The van der Waals surface area contributed by atoms with E-state index in [-0.39, 0.29) is 31.7 Å². The molecule has 0 spiro atoms. The minimum atomic E-state index is -0.947. The van der Waals surface area contributed by atoms with Gasteiger partial charge in [-0.15, -0.1) is 0 Å². The maximum absolute atomic E-state index is 11.9. The molecule has 116 valence electrons. The number of carboxylic acids is 1. The minimum absolute atomic E-state index is 0.0683. The molecule has 0 fully saturated rings. The van der Waals surface area contributed by atoms with E-state index in [0.717, 1.165) is 4.57 Å². The van der Waals surface area contributed by atoms with E-state index < -0.39 is 17.2 Å². The molecule has 0 aromatic carbocycles. The lowest BCUT2D eigenvalue weighted by molar-refractivity contribution is -0.137. The van der Waals surface area contributed by atoms with E-state index >= 15 is 0 Å². The van der Waals surface area contributed by atoms with E-state index in [1.165, 1.54) is 36.8 Å². The highest BCUT2D eigenvalue weighted by atomic mass is 16.4. The Labute approximate surface area is 121 Å². The van der Waals surface area contributed by atoms with Gasteiger partial charge in [0, 0.05) is 40.2 Å². The van der Waals surface area contributed by atoms with Gasteiger partial charge in [-0.2, -0.15) is 0 Å². The number of aromatic nitrogens is 2. The molecule has 0 atom stereocenters. The van der Waals surface area contributed by atoms with E-state index in [9.17, 15) is 19.2 Å². The molecule has 1 N–H and O–H groups in total. The fourth-order valence-corrected chi connectivity index (χ4v) is 1.92. The highest BCUT2D eigenvalue weighted by Gasteiger charge is 2.14. The molecule has 8 heteroatoms. The van der Waals surface area contributed by atoms with Gasteiger partial charge in [0.1, 0.15) is 0 Å². The van der Waals surface area contributed by atoms with Gasteiger partial charge in [0.2, 0.25) is 5.91 Å². The van der Waals surface area contributed by atoms with Crippen molar-refractivity contribution in [2.75, 3.05) is 7.05 Å². The second-order valence-corrected chi connectivity index (χ2v) is 4.91. The summed E-state index contributed by atoms with van der Waals surface area (Å²) in [6.07, 6.45) is 1.70. The van der Waals surface area contributed by atoms with Crippen LogP contribution in [0.4, 0.5) is 0 Å². The standard InChI is InChI=1S/C13H19N3O5/c1-14(10(17)5-4-6-11(18)19)7-9-8-15(2)13(21)16(3)12(9)20/h8H,4-7H2,1-3H3,(H,18,19). The highest BCUT2D eigenvalue weighted by Crippen LogP contribution is 2.03. The van der Waals surface area contributed by atoms with Crippen molar-refractivity contribution < 1.29 is 14.7 Å². The Morgan fingerprint density at radius 2 is 1.86 bits per heavy atom. The molecule has 0 unspecified atom stereocenters. The number of carboxylic acid groups (broad SMARTS) is 1. The normalized spacial score (nSPS) is 10.4. The first-order valence-corrected chi connectivity index (χ1v) is 6.45. The summed E-state index contributed by atoms with van der Waals surface area (Å²) in [5.74, 6) is -1.19. The van der Waals surface area contributed by atoms with Crippen molar-refractivity contribution in [3.05, 3.63) is 32.6 Å². The zero-order valence-corrected chi connectivity index (χ0v) is 12.3. The van der Waals surface area contributed by atoms with Gasteiger partial charge in [-0.3, -0.25) is 19.0 Å². The van der Waals surface area contributed by atoms with E-state index in [2.05, 4.69) is 0 Å². The van der Waals surface area contributed by atoms with Crippen molar-refractivity contribution in [2.45, 2.75) is 25.8 Å². The predicted molar refractivity (Wildman–Crippen MR) is 74.9 cm³/mol. The summed E-state index contributed by atoms with van der Waals surface area (Å²) in [4.78, 5) is 47.1. The third-order valence-electron chi connectivity index (χ3n) is 3.13. The third-order valence-corrected chi connectivity index (χ3v) is 3.13. The molecule has 8 nitrogen and oxygen atoms in total. The number of carbonyl (C=O) groups is 2. The summed E-state index contributed by atoms with van der Waals surface area (Å²) in [5, 5.41) is 8.52.